The van der Waals surface area contributed by atoms with Crippen molar-refractivity contribution in [1.29, 1.82) is 5.26 Å². The van der Waals surface area contributed by atoms with Gasteiger partial charge in [0.25, 0.3) is 0 Å². The van der Waals surface area contributed by atoms with E-state index >= 15 is 0 Å². The van der Waals surface area contributed by atoms with Crippen LogP contribution in [0.3, 0.4) is 0 Å². The maximum absolute atomic E-state index is 13.4. The molecule has 2 aromatic rings. The van der Waals surface area contributed by atoms with Crippen molar-refractivity contribution in [2.24, 2.45) is 0 Å². The van der Waals surface area contributed by atoms with E-state index < -0.39 is 5.82 Å². The smallest absolute Gasteiger partial charge is 0.141 e. The summed E-state index contributed by atoms with van der Waals surface area (Å²) in [6.07, 6.45) is 1.64. The summed E-state index contributed by atoms with van der Waals surface area (Å²) in [7, 11) is 0. The zero-order valence-corrected chi connectivity index (χ0v) is 8.74. The lowest BCUT2D eigenvalue weighted by molar-refractivity contribution is 0.624. The Morgan fingerprint density at radius 3 is 2.69 bits per heavy atom. The van der Waals surface area contributed by atoms with Gasteiger partial charge in [0.15, 0.2) is 0 Å². The van der Waals surface area contributed by atoms with E-state index in [1.165, 1.54) is 6.07 Å². The SMILES string of the molecule is Cc1ccc(-c2cccc(F)c2C#N)cn1. The quantitative estimate of drug-likeness (QED) is 0.728. The van der Waals surface area contributed by atoms with Crippen LogP contribution in [0.4, 0.5) is 4.39 Å². The number of hydrogen-bond donors (Lipinski definition) is 0. The summed E-state index contributed by atoms with van der Waals surface area (Å²) < 4.78 is 13.4. The number of benzene rings is 1. The third-order valence-corrected chi connectivity index (χ3v) is 2.35. The normalized spacial score (nSPS) is 9.81. The maximum Gasteiger partial charge on any atom is 0.141 e. The fourth-order valence-electron chi connectivity index (χ4n) is 1.51. The fraction of sp³-hybridized carbons (Fsp3) is 0.0769. The van der Waals surface area contributed by atoms with Gasteiger partial charge in [0, 0.05) is 23.0 Å². The van der Waals surface area contributed by atoms with Crippen LogP contribution in [0.2, 0.25) is 0 Å². The average Bonchev–Trinajstić information content (AvgIpc) is 2.30. The van der Waals surface area contributed by atoms with E-state index in [0.717, 1.165) is 11.3 Å². The second-order valence-corrected chi connectivity index (χ2v) is 3.46. The molecule has 0 spiro atoms. The van der Waals surface area contributed by atoms with Crippen molar-refractivity contribution < 1.29 is 4.39 Å². The summed E-state index contributed by atoms with van der Waals surface area (Å²) in [5, 5.41) is 8.90. The largest absolute Gasteiger partial charge is 0.261 e. The maximum atomic E-state index is 13.4. The standard InChI is InChI=1S/C13H9FN2/c1-9-5-6-10(8-16-9)11-3-2-4-13(14)12(11)7-15/h2-6,8H,1H3. The van der Waals surface area contributed by atoms with Gasteiger partial charge in [-0.3, -0.25) is 4.98 Å². The van der Waals surface area contributed by atoms with Gasteiger partial charge in [-0.1, -0.05) is 18.2 Å². The van der Waals surface area contributed by atoms with E-state index in [9.17, 15) is 4.39 Å². The van der Waals surface area contributed by atoms with Crippen LogP contribution in [0.1, 0.15) is 11.3 Å². The van der Waals surface area contributed by atoms with Crippen LogP contribution < -0.4 is 0 Å². The van der Waals surface area contributed by atoms with Gasteiger partial charge in [0.05, 0.1) is 5.56 Å². The van der Waals surface area contributed by atoms with Crippen LogP contribution in [0.25, 0.3) is 11.1 Å². The lowest BCUT2D eigenvalue weighted by Crippen LogP contribution is -1.90. The van der Waals surface area contributed by atoms with Crippen molar-refractivity contribution in [2.75, 3.05) is 0 Å². The molecular formula is C13H9FN2. The van der Waals surface area contributed by atoms with Crippen LogP contribution in [-0.4, -0.2) is 4.98 Å². The molecule has 0 saturated heterocycles. The van der Waals surface area contributed by atoms with Gasteiger partial charge in [-0.2, -0.15) is 5.26 Å². The number of hydrogen-bond acceptors (Lipinski definition) is 2. The fourth-order valence-corrected chi connectivity index (χ4v) is 1.51. The highest BCUT2D eigenvalue weighted by Gasteiger charge is 2.09. The van der Waals surface area contributed by atoms with Crippen LogP contribution >= 0.6 is 0 Å². The topological polar surface area (TPSA) is 36.7 Å². The third-order valence-electron chi connectivity index (χ3n) is 2.35. The molecule has 1 aromatic carbocycles. The monoisotopic (exact) mass is 212 g/mol. The molecule has 0 atom stereocenters. The Labute approximate surface area is 93.0 Å². The van der Waals surface area contributed by atoms with E-state index in [2.05, 4.69) is 4.98 Å². The highest BCUT2D eigenvalue weighted by atomic mass is 19.1. The molecule has 0 fully saturated rings. The summed E-state index contributed by atoms with van der Waals surface area (Å²) in [5.41, 5.74) is 2.28. The van der Waals surface area contributed by atoms with Crippen LogP contribution in [0.5, 0.6) is 0 Å². The molecule has 1 aromatic heterocycles. The minimum atomic E-state index is -0.499. The second-order valence-electron chi connectivity index (χ2n) is 3.46. The van der Waals surface area contributed by atoms with Gasteiger partial charge in [-0.15, -0.1) is 0 Å². The molecule has 2 nitrogen and oxygen atoms in total. The lowest BCUT2D eigenvalue weighted by Gasteiger charge is -2.04. The third kappa shape index (κ3) is 1.78. The molecule has 78 valence electrons. The summed E-state index contributed by atoms with van der Waals surface area (Å²) in [5.74, 6) is -0.499. The zero-order valence-electron chi connectivity index (χ0n) is 8.74. The van der Waals surface area contributed by atoms with Crippen LogP contribution in [-0.2, 0) is 0 Å². The molecule has 1 heterocycles. The number of aromatic nitrogens is 1. The highest BCUT2D eigenvalue weighted by molar-refractivity contribution is 5.69. The van der Waals surface area contributed by atoms with Crippen molar-refractivity contribution >= 4 is 0 Å². The number of nitrogens with zero attached hydrogens (tertiary/aromatic N) is 2. The first-order chi connectivity index (χ1) is 7.72. The summed E-state index contributed by atoms with van der Waals surface area (Å²) >= 11 is 0. The molecule has 0 bridgehead atoms. The first-order valence-corrected chi connectivity index (χ1v) is 4.84. The van der Waals surface area contributed by atoms with Gasteiger partial charge in [-0.25, -0.2) is 4.39 Å². The van der Waals surface area contributed by atoms with E-state index in [0.29, 0.717) is 5.56 Å². The zero-order chi connectivity index (χ0) is 11.5. The molecule has 0 amide bonds. The predicted octanol–water partition coefficient (Wildman–Crippen LogP) is 3.07. The predicted molar refractivity (Wildman–Crippen MR) is 59.1 cm³/mol. The highest BCUT2D eigenvalue weighted by Crippen LogP contribution is 2.24. The number of halogens is 1. The van der Waals surface area contributed by atoms with Crippen molar-refractivity contribution in [2.45, 2.75) is 6.92 Å². The van der Waals surface area contributed by atoms with E-state index in [1.807, 2.05) is 25.1 Å². The lowest BCUT2D eigenvalue weighted by atomic mass is 10.0. The van der Waals surface area contributed by atoms with E-state index in [-0.39, 0.29) is 5.56 Å². The molecule has 3 heteroatoms. The van der Waals surface area contributed by atoms with Gasteiger partial charge in [0.1, 0.15) is 11.9 Å². The van der Waals surface area contributed by atoms with E-state index in [4.69, 9.17) is 5.26 Å². The Morgan fingerprint density at radius 2 is 2.06 bits per heavy atom. The minimum absolute atomic E-state index is 0.0631. The number of pyridine rings is 1. The number of aryl methyl sites for hydroxylation is 1. The Kier molecular flexibility index (Phi) is 2.65. The summed E-state index contributed by atoms with van der Waals surface area (Å²) in [6, 6.07) is 10.1. The van der Waals surface area contributed by atoms with Crippen molar-refractivity contribution in [1.82, 2.24) is 4.98 Å². The van der Waals surface area contributed by atoms with Gasteiger partial charge >= 0.3 is 0 Å². The van der Waals surface area contributed by atoms with Crippen LogP contribution in [0, 0.1) is 24.1 Å². The first kappa shape index (κ1) is 10.3. The molecule has 2 rings (SSSR count). The van der Waals surface area contributed by atoms with Gasteiger partial charge in [-0.05, 0) is 19.1 Å². The molecule has 0 unspecified atom stereocenters. The molecule has 0 aliphatic rings. The number of nitriles is 1. The molecule has 16 heavy (non-hydrogen) atoms. The molecular weight excluding hydrogens is 203 g/mol. The summed E-state index contributed by atoms with van der Waals surface area (Å²) in [6.45, 7) is 1.88. The first-order valence-electron chi connectivity index (χ1n) is 4.84. The summed E-state index contributed by atoms with van der Waals surface area (Å²) in [4.78, 5) is 4.13. The molecule has 0 radical (unpaired) electrons. The molecule has 0 aliphatic heterocycles. The van der Waals surface area contributed by atoms with E-state index in [1.54, 1.807) is 18.3 Å². The minimum Gasteiger partial charge on any atom is -0.261 e. The van der Waals surface area contributed by atoms with Gasteiger partial charge < -0.3 is 0 Å². The Hall–Kier alpha value is -2.21. The average molecular weight is 212 g/mol. The van der Waals surface area contributed by atoms with Crippen molar-refractivity contribution in [3.8, 4) is 17.2 Å². The van der Waals surface area contributed by atoms with Crippen molar-refractivity contribution in [3.05, 3.63) is 53.6 Å². The van der Waals surface area contributed by atoms with Crippen molar-refractivity contribution in [3.63, 3.8) is 0 Å². The Balaban J connectivity index is 2.61. The molecule has 0 N–H and O–H groups in total. The number of rotatable bonds is 1. The second kappa shape index (κ2) is 4.11. The Morgan fingerprint density at radius 1 is 1.25 bits per heavy atom. The van der Waals surface area contributed by atoms with Gasteiger partial charge in [0.2, 0.25) is 0 Å². The molecule has 0 aliphatic carbocycles. The molecule has 0 saturated carbocycles. The Bertz CT molecular complexity index is 553. The van der Waals surface area contributed by atoms with Crippen LogP contribution in [0.15, 0.2) is 36.5 Å².